The molecule has 6 nitrogen and oxygen atoms in total. The molecule has 1 amide bonds. The first-order chi connectivity index (χ1) is 9.65. The van der Waals surface area contributed by atoms with Crippen LogP contribution < -0.4 is 10.6 Å². The molecule has 0 saturated heterocycles. The molecule has 1 heterocycles. The molecule has 0 fully saturated rings. The van der Waals surface area contributed by atoms with Crippen molar-refractivity contribution >= 4 is 17.3 Å². The van der Waals surface area contributed by atoms with Gasteiger partial charge >= 0.3 is 0 Å². The van der Waals surface area contributed by atoms with Gasteiger partial charge in [0.2, 0.25) is 0 Å². The lowest BCUT2D eigenvalue weighted by molar-refractivity contribution is 0.0983. The molecule has 102 valence electrons. The molecule has 0 radical (unpaired) electrons. The molecule has 0 aliphatic carbocycles. The normalized spacial score (nSPS) is 10.0. The largest absolute Gasteiger partial charge is 0.395 e. The van der Waals surface area contributed by atoms with Crippen LogP contribution in [0.25, 0.3) is 0 Å². The molecule has 0 bridgehead atoms. The van der Waals surface area contributed by atoms with Crippen molar-refractivity contribution < 1.29 is 4.79 Å². The standard InChI is InChI=1S/C14H15N5O/c1-10-12(16)13(18-17-10)14(20)19(9-5-8-15)11-6-3-2-4-7-11/h2-4,6-7H,5,9,16H2,1H3,(H,17,18). The van der Waals surface area contributed by atoms with Crippen molar-refractivity contribution in [2.75, 3.05) is 17.2 Å². The van der Waals surface area contributed by atoms with Crippen LogP contribution in [0, 0.1) is 18.3 Å². The van der Waals surface area contributed by atoms with Crippen molar-refractivity contribution in [1.29, 1.82) is 5.26 Å². The fourth-order valence-electron chi connectivity index (χ4n) is 1.85. The minimum Gasteiger partial charge on any atom is -0.395 e. The first-order valence-corrected chi connectivity index (χ1v) is 6.19. The van der Waals surface area contributed by atoms with Gasteiger partial charge in [0.25, 0.3) is 5.91 Å². The number of nitriles is 1. The summed E-state index contributed by atoms with van der Waals surface area (Å²) in [6.45, 7) is 2.05. The zero-order valence-electron chi connectivity index (χ0n) is 11.1. The summed E-state index contributed by atoms with van der Waals surface area (Å²) in [4.78, 5) is 14.0. The number of amides is 1. The number of hydrogen-bond donors (Lipinski definition) is 2. The molecular formula is C14H15N5O. The van der Waals surface area contributed by atoms with Gasteiger partial charge in [-0.1, -0.05) is 18.2 Å². The van der Waals surface area contributed by atoms with E-state index >= 15 is 0 Å². The fraction of sp³-hybridized carbons (Fsp3) is 0.214. The van der Waals surface area contributed by atoms with E-state index in [1.165, 1.54) is 4.90 Å². The number of aromatic nitrogens is 2. The Labute approximate surface area is 116 Å². The molecule has 2 aromatic rings. The number of nitrogen functional groups attached to an aromatic ring is 1. The average Bonchev–Trinajstić information content (AvgIpc) is 2.80. The first-order valence-electron chi connectivity index (χ1n) is 6.19. The van der Waals surface area contributed by atoms with Crippen LogP contribution in [0.15, 0.2) is 30.3 Å². The number of nitrogens with zero attached hydrogens (tertiary/aromatic N) is 3. The van der Waals surface area contributed by atoms with Gasteiger partial charge in [-0.05, 0) is 19.1 Å². The van der Waals surface area contributed by atoms with Gasteiger partial charge in [0.1, 0.15) is 0 Å². The summed E-state index contributed by atoms with van der Waals surface area (Å²) in [6, 6.07) is 11.2. The van der Waals surface area contributed by atoms with E-state index in [4.69, 9.17) is 11.0 Å². The molecule has 1 aromatic carbocycles. The zero-order chi connectivity index (χ0) is 14.5. The maximum atomic E-state index is 12.5. The molecule has 0 aliphatic rings. The van der Waals surface area contributed by atoms with E-state index in [1.54, 1.807) is 6.92 Å². The summed E-state index contributed by atoms with van der Waals surface area (Å²) >= 11 is 0. The van der Waals surface area contributed by atoms with Crippen LogP contribution in [0.2, 0.25) is 0 Å². The Morgan fingerprint density at radius 1 is 1.45 bits per heavy atom. The summed E-state index contributed by atoms with van der Waals surface area (Å²) in [7, 11) is 0. The van der Waals surface area contributed by atoms with Gasteiger partial charge in [-0.2, -0.15) is 10.4 Å². The van der Waals surface area contributed by atoms with Crippen LogP contribution in [0.4, 0.5) is 11.4 Å². The second kappa shape index (κ2) is 5.89. The van der Waals surface area contributed by atoms with Crippen LogP contribution >= 0.6 is 0 Å². The Kier molecular flexibility index (Phi) is 4.01. The predicted molar refractivity (Wildman–Crippen MR) is 76.1 cm³/mol. The van der Waals surface area contributed by atoms with Crippen LogP contribution in [-0.2, 0) is 0 Å². The van der Waals surface area contributed by atoms with Crippen molar-refractivity contribution in [2.24, 2.45) is 0 Å². The number of carbonyl (C=O) groups is 1. The minimum atomic E-state index is -0.312. The van der Waals surface area contributed by atoms with Crippen LogP contribution in [0.3, 0.4) is 0 Å². The zero-order valence-corrected chi connectivity index (χ0v) is 11.1. The number of rotatable bonds is 4. The minimum absolute atomic E-state index is 0.185. The van der Waals surface area contributed by atoms with Gasteiger partial charge in [0, 0.05) is 12.2 Å². The molecule has 1 aromatic heterocycles. The van der Waals surface area contributed by atoms with E-state index in [0.29, 0.717) is 23.6 Å². The van der Waals surface area contributed by atoms with E-state index in [1.807, 2.05) is 36.4 Å². The van der Waals surface area contributed by atoms with Gasteiger partial charge < -0.3 is 10.6 Å². The predicted octanol–water partition coefficient (Wildman–Crippen LogP) is 1.86. The fourth-order valence-corrected chi connectivity index (χ4v) is 1.85. The summed E-state index contributed by atoms with van der Waals surface area (Å²) in [6.07, 6.45) is 0.240. The quantitative estimate of drug-likeness (QED) is 0.884. The number of nitrogens with two attached hydrogens (primary N) is 1. The second-order valence-corrected chi connectivity index (χ2v) is 4.31. The third-order valence-corrected chi connectivity index (χ3v) is 2.96. The Morgan fingerprint density at radius 3 is 2.70 bits per heavy atom. The van der Waals surface area contributed by atoms with Crippen molar-refractivity contribution in [2.45, 2.75) is 13.3 Å². The third kappa shape index (κ3) is 2.62. The van der Waals surface area contributed by atoms with E-state index < -0.39 is 0 Å². The number of nitrogens with one attached hydrogen (secondary N) is 1. The summed E-state index contributed by atoms with van der Waals surface area (Å²) in [5.41, 5.74) is 7.74. The highest BCUT2D eigenvalue weighted by Gasteiger charge is 2.22. The highest BCUT2D eigenvalue weighted by Crippen LogP contribution is 2.20. The molecule has 2 rings (SSSR count). The average molecular weight is 269 g/mol. The van der Waals surface area contributed by atoms with Crippen molar-refractivity contribution in [3.63, 3.8) is 0 Å². The maximum absolute atomic E-state index is 12.5. The van der Waals surface area contributed by atoms with Gasteiger partial charge in [-0.3, -0.25) is 9.89 Å². The lowest BCUT2D eigenvalue weighted by Crippen LogP contribution is -2.32. The summed E-state index contributed by atoms with van der Waals surface area (Å²) in [5, 5.41) is 15.4. The Balaban J connectivity index is 2.34. The van der Waals surface area contributed by atoms with E-state index in [9.17, 15) is 4.79 Å². The van der Waals surface area contributed by atoms with Crippen molar-refractivity contribution in [3.05, 3.63) is 41.7 Å². The monoisotopic (exact) mass is 269 g/mol. The van der Waals surface area contributed by atoms with E-state index in [-0.39, 0.29) is 18.0 Å². The number of H-pyrrole nitrogens is 1. The Morgan fingerprint density at radius 2 is 2.15 bits per heavy atom. The molecule has 0 atom stereocenters. The number of para-hydroxylation sites is 1. The number of anilines is 2. The summed E-state index contributed by atoms with van der Waals surface area (Å²) < 4.78 is 0. The van der Waals surface area contributed by atoms with Gasteiger partial charge in [0.05, 0.1) is 23.9 Å². The van der Waals surface area contributed by atoms with Gasteiger partial charge in [-0.15, -0.1) is 0 Å². The lowest BCUT2D eigenvalue weighted by atomic mass is 10.2. The SMILES string of the molecule is Cc1[nH]nc(C(=O)N(CCC#N)c2ccccc2)c1N. The Bertz CT molecular complexity index is 641. The molecule has 0 saturated carbocycles. The molecular weight excluding hydrogens is 254 g/mol. The van der Waals surface area contributed by atoms with Crippen LogP contribution in [0.5, 0.6) is 0 Å². The molecule has 0 aliphatic heterocycles. The smallest absolute Gasteiger partial charge is 0.280 e. The molecule has 6 heteroatoms. The maximum Gasteiger partial charge on any atom is 0.280 e. The van der Waals surface area contributed by atoms with Gasteiger partial charge in [0.15, 0.2) is 5.69 Å². The second-order valence-electron chi connectivity index (χ2n) is 4.31. The highest BCUT2D eigenvalue weighted by molar-refractivity contribution is 6.08. The topological polar surface area (TPSA) is 98.8 Å². The first kappa shape index (κ1) is 13.6. The van der Waals surface area contributed by atoms with Crippen molar-refractivity contribution in [1.82, 2.24) is 10.2 Å². The molecule has 0 spiro atoms. The third-order valence-electron chi connectivity index (χ3n) is 2.96. The number of carbonyl (C=O) groups excluding carboxylic acids is 1. The lowest BCUT2D eigenvalue weighted by Gasteiger charge is -2.20. The summed E-state index contributed by atoms with van der Waals surface area (Å²) in [5.74, 6) is -0.312. The molecule has 20 heavy (non-hydrogen) atoms. The van der Waals surface area contributed by atoms with E-state index in [0.717, 1.165) is 0 Å². The highest BCUT2D eigenvalue weighted by atomic mass is 16.2. The number of aryl methyl sites for hydroxylation is 1. The number of aromatic amines is 1. The van der Waals surface area contributed by atoms with Crippen LogP contribution in [-0.4, -0.2) is 22.6 Å². The van der Waals surface area contributed by atoms with Crippen LogP contribution in [0.1, 0.15) is 22.6 Å². The molecule has 3 N–H and O–H groups in total. The number of benzene rings is 1. The molecule has 0 unspecified atom stereocenters. The van der Waals surface area contributed by atoms with Crippen molar-refractivity contribution in [3.8, 4) is 6.07 Å². The Hall–Kier alpha value is -2.81. The van der Waals surface area contributed by atoms with Gasteiger partial charge in [-0.25, -0.2) is 0 Å². The number of hydrogen-bond acceptors (Lipinski definition) is 4. The van der Waals surface area contributed by atoms with E-state index in [2.05, 4.69) is 10.2 Å².